The lowest BCUT2D eigenvalue weighted by atomic mass is 9.97. The number of nitrogens with two attached hydrogens (primary N) is 1. The fourth-order valence-corrected chi connectivity index (χ4v) is 1.25. The van der Waals surface area contributed by atoms with Crippen LogP contribution in [0.1, 0.15) is 20.8 Å². The summed E-state index contributed by atoms with van der Waals surface area (Å²) in [4.78, 5) is 4.23. The second-order valence-electron chi connectivity index (χ2n) is 3.97. The predicted octanol–water partition coefficient (Wildman–Crippen LogP) is 2.38. The Morgan fingerprint density at radius 2 is 2.21 bits per heavy atom. The van der Waals surface area contributed by atoms with E-state index in [4.69, 9.17) is 5.73 Å². The summed E-state index contributed by atoms with van der Waals surface area (Å²) in [7, 11) is 0. The van der Waals surface area contributed by atoms with Crippen LogP contribution in [0.5, 0.6) is 0 Å². The first-order valence-corrected chi connectivity index (χ1v) is 5.37. The van der Waals surface area contributed by atoms with Crippen molar-refractivity contribution in [1.82, 2.24) is 4.98 Å². The number of halogens is 1. The van der Waals surface area contributed by atoms with Crippen molar-refractivity contribution in [1.29, 1.82) is 0 Å². The number of hydrogen-bond acceptors (Lipinski definition) is 3. The molecule has 0 aliphatic heterocycles. The Bertz CT molecular complexity index is 310. The fourth-order valence-electron chi connectivity index (χ4n) is 0.897. The highest BCUT2D eigenvalue weighted by Gasteiger charge is 2.23. The topological polar surface area (TPSA) is 50.9 Å². The van der Waals surface area contributed by atoms with Crippen LogP contribution in [0.25, 0.3) is 0 Å². The largest absolute Gasteiger partial charge is 0.363 e. The number of nitrogens with one attached hydrogen (secondary N) is 1. The van der Waals surface area contributed by atoms with Gasteiger partial charge in [-0.1, -0.05) is 0 Å². The van der Waals surface area contributed by atoms with E-state index in [2.05, 4.69) is 40.1 Å². The monoisotopic (exact) mass is 257 g/mol. The van der Waals surface area contributed by atoms with Gasteiger partial charge in [0, 0.05) is 17.8 Å². The highest BCUT2D eigenvalue weighted by Crippen LogP contribution is 2.23. The maximum absolute atomic E-state index is 5.86. The smallest absolute Gasteiger partial charge is 0.140 e. The molecule has 3 nitrogen and oxygen atoms in total. The van der Waals surface area contributed by atoms with E-state index in [1.54, 1.807) is 6.20 Å². The molecule has 0 aromatic carbocycles. The molecular formula is C10H16BrN3. The van der Waals surface area contributed by atoms with Gasteiger partial charge in [0.25, 0.3) is 0 Å². The van der Waals surface area contributed by atoms with Crippen LogP contribution in [-0.2, 0) is 0 Å². The SMILES string of the molecule is CC(N)C(C)(C)Nc1ncccc1Br. The number of pyridine rings is 1. The van der Waals surface area contributed by atoms with Crippen molar-refractivity contribution in [3.05, 3.63) is 22.8 Å². The lowest BCUT2D eigenvalue weighted by molar-refractivity contribution is 0.469. The molecule has 14 heavy (non-hydrogen) atoms. The van der Waals surface area contributed by atoms with Crippen LogP contribution in [0.2, 0.25) is 0 Å². The molecule has 3 N–H and O–H groups in total. The maximum Gasteiger partial charge on any atom is 0.140 e. The Morgan fingerprint density at radius 3 is 2.71 bits per heavy atom. The molecule has 1 atom stereocenters. The summed E-state index contributed by atoms with van der Waals surface area (Å²) in [5.41, 5.74) is 5.69. The zero-order chi connectivity index (χ0) is 10.8. The summed E-state index contributed by atoms with van der Waals surface area (Å²) < 4.78 is 0.953. The van der Waals surface area contributed by atoms with Crippen molar-refractivity contribution >= 4 is 21.7 Å². The van der Waals surface area contributed by atoms with Gasteiger partial charge in [-0.3, -0.25) is 0 Å². The third-order valence-electron chi connectivity index (χ3n) is 2.34. The number of aromatic nitrogens is 1. The van der Waals surface area contributed by atoms with Crippen molar-refractivity contribution in [3.8, 4) is 0 Å². The highest BCUT2D eigenvalue weighted by molar-refractivity contribution is 9.10. The van der Waals surface area contributed by atoms with Gasteiger partial charge < -0.3 is 11.1 Å². The molecule has 0 radical (unpaired) electrons. The molecule has 4 heteroatoms. The minimum atomic E-state index is -0.170. The van der Waals surface area contributed by atoms with Crippen LogP contribution in [0.4, 0.5) is 5.82 Å². The molecule has 0 spiro atoms. The maximum atomic E-state index is 5.86. The molecule has 0 saturated heterocycles. The molecular weight excluding hydrogens is 242 g/mol. The standard InChI is InChI=1S/C10H16BrN3/c1-7(12)10(2,3)14-9-8(11)5-4-6-13-9/h4-7H,12H2,1-3H3,(H,13,14). The van der Waals surface area contributed by atoms with Gasteiger partial charge in [0.1, 0.15) is 5.82 Å². The Hall–Kier alpha value is -0.610. The molecule has 0 fully saturated rings. The van der Waals surface area contributed by atoms with E-state index in [1.807, 2.05) is 19.1 Å². The summed E-state index contributed by atoms with van der Waals surface area (Å²) in [6, 6.07) is 3.89. The second-order valence-corrected chi connectivity index (χ2v) is 4.82. The summed E-state index contributed by atoms with van der Waals surface area (Å²) in [6.45, 7) is 6.08. The summed E-state index contributed by atoms with van der Waals surface area (Å²) in [6.07, 6.45) is 1.75. The van der Waals surface area contributed by atoms with Crippen molar-refractivity contribution in [2.45, 2.75) is 32.4 Å². The Morgan fingerprint density at radius 1 is 1.57 bits per heavy atom. The van der Waals surface area contributed by atoms with Crippen LogP contribution in [0.15, 0.2) is 22.8 Å². The average molecular weight is 258 g/mol. The Labute approximate surface area is 93.2 Å². The van der Waals surface area contributed by atoms with Gasteiger partial charge >= 0.3 is 0 Å². The van der Waals surface area contributed by atoms with Crippen LogP contribution in [0, 0.1) is 0 Å². The molecule has 78 valence electrons. The third kappa shape index (κ3) is 2.69. The van der Waals surface area contributed by atoms with Crippen molar-refractivity contribution in [2.24, 2.45) is 5.73 Å². The van der Waals surface area contributed by atoms with Gasteiger partial charge in [0.05, 0.1) is 4.47 Å². The van der Waals surface area contributed by atoms with Gasteiger partial charge in [0.2, 0.25) is 0 Å². The quantitative estimate of drug-likeness (QED) is 0.875. The second kappa shape index (κ2) is 4.28. The molecule has 1 aromatic rings. The summed E-state index contributed by atoms with van der Waals surface area (Å²) in [5.74, 6) is 0.829. The number of rotatable bonds is 3. The molecule has 1 rings (SSSR count). The summed E-state index contributed by atoms with van der Waals surface area (Å²) >= 11 is 3.43. The van der Waals surface area contributed by atoms with E-state index >= 15 is 0 Å². The number of hydrogen-bond donors (Lipinski definition) is 2. The molecule has 0 aliphatic rings. The molecule has 0 bridgehead atoms. The van der Waals surface area contributed by atoms with Gasteiger partial charge in [-0.25, -0.2) is 4.98 Å². The fraction of sp³-hybridized carbons (Fsp3) is 0.500. The molecule has 0 aliphatic carbocycles. The van der Waals surface area contributed by atoms with Crippen LogP contribution in [-0.4, -0.2) is 16.6 Å². The van der Waals surface area contributed by atoms with E-state index in [9.17, 15) is 0 Å². The molecule has 1 unspecified atom stereocenters. The first-order valence-electron chi connectivity index (χ1n) is 4.58. The zero-order valence-corrected chi connectivity index (χ0v) is 10.3. The van der Waals surface area contributed by atoms with E-state index in [-0.39, 0.29) is 11.6 Å². The lowest BCUT2D eigenvalue weighted by Crippen LogP contribution is -2.47. The van der Waals surface area contributed by atoms with E-state index in [0.717, 1.165) is 10.3 Å². The highest BCUT2D eigenvalue weighted by atomic mass is 79.9. The molecule has 1 heterocycles. The summed E-state index contributed by atoms with van der Waals surface area (Å²) in [5, 5.41) is 3.30. The van der Waals surface area contributed by atoms with E-state index < -0.39 is 0 Å². The van der Waals surface area contributed by atoms with Gasteiger partial charge in [0.15, 0.2) is 0 Å². The van der Waals surface area contributed by atoms with Gasteiger partial charge in [-0.2, -0.15) is 0 Å². The Balaban J connectivity index is 2.84. The number of anilines is 1. The van der Waals surface area contributed by atoms with Crippen molar-refractivity contribution in [3.63, 3.8) is 0 Å². The van der Waals surface area contributed by atoms with Crippen LogP contribution >= 0.6 is 15.9 Å². The zero-order valence-electron chi connectivity index (χ0n) is 8.71. The molecule has 1 aromatic heterocycles. The van der Waals surface area contributed by atoms with E-state index in [1.165, 1.54) is 0 Å². The predicted molar refractivity (Wildman–Crippen MR) is 63.3 cm³/mol. The third-order valence-corrected chi connectivity index (χ3v) is 2.98. The van der Waals surface area contributed by atoms with Gasteiger partial charge in [-0.05, 0) is 48.8 Å². The van der Waals surface area contributed by atoms with Crippen molar-refractivity contribution < 1.29 is 0 Å². The van der Waals surface area contributed by atoms with Crippen LogP contribution in [0.3, 0.4) is 0 Å². The van der Waals surface area contributed by atoms with Crippen molar-refractivity contribution in [2.75, 3.05) is 5.32 Å². The van der Waals surface area contributed by atoms with E-state index in [0.29, 0.717) is 0 Å². The number of nitrogens with zero attached hydrogens (tertiary/aromatic N) is 1. The average Bonchev–Trinajstić information content (AvgIpc) is 2.08. The first kappa shape index (κ1) is 11.5. The Kier molecular flexibility index (Phi) is 3.50. The van der Waals surface area contributed by atoms with Crippen LogP contribution < -0.4 is 11.1 Å². The normalized spacial score (nSPS) is 13.8. The molecule has 0 amide bonds. The minimum absolute atomic E-state index is 0.0522. The lowest BCUT2D eigenvalue weighted by Gasteiger charge is -2.31. The van der Waals surface area contributed by atoms with Gasteiger partial charge in [-0.15, -0.1) is 0 Å². The minimum Gasteiger partial charge on any atom is -0.363 e. The molecule has 0 saturated carbocycles. The first-order chi connectivity index (χ1) is 6.43.